The molecule has 7 N–H and O–H groups in total. The molecule has 0 aromatic rings. The van der Waals surface area contributed by atoms with Gasteiger partial charge in [0.1, 0.15) is 0 Å². The molecule has 22 heteroatoms. The van der Waals surface area contributed by atoms with Gasteiger partial charge in [-0.2, -0.15) is 0 Å². The third-order valence-corrected chi connectivity index (χ3v) is 16.9. The number of rotatable bonds is 75. The molecule has 584 valence electrons. The van der Waals surface area contributed by atoms with Crippen molar-refractivity contribution < 1.29 is 72.6 Å². The van der Waals surface area contributed by atoms with Gasteiger partial charge in [0, 0.05) is 117 Å². The normalized spacial score (nSPS) is 10.9. The number of ether oxygens (including phenoxy) is 5. The van der Waals surface area contributed by atoms with Crippen molar-refractivity contribution in [2.75, 3.05) is 151 Å². The Morgan fingerprint density at radius 2 is 0.471 bits per heavy atom. The summed E-state index contributed by atoms with van der Waals surface area (Å²) in [6, 6.07) is 0. The van der Waals surface area contributed by atoms with Gasteiger partial charge in [-0.05, 0) is 62.2 Å². The van der Waals surface area contributed by atoms with Crippen LogP contribution in [0.2, 0.25) is 0 Å². The van der Waals surface area contributed by atoms with Crippen LogP contribution in [0.5, 0.6) is 0 Å². The topological polar surface area (TPSA) is 284 Å². The van der Waals surface area contributed by atoms with Gasteiger partial charge in [-0.15, -0.1) is 0 Å². The molecule has 0 rings (SSSR count). The highest BCUT2D eigenvalue weighted by Gasteiger charge is 2.19. The average Bonchev–Trinajstić information content (AvgIpc) is 1.00. The molecule has 0 aliphatic heterocycles. The largest absolute Gasteiger partial charge is 0.480 e. The van der Waals surface area contributed by atoms with Crippen LogP contribution in [0, 0.1) is 47.4 Å². The van der Waals surface area contributed by atoms with E-state index in [2.05, 4.69) is 82.5 Å². The Balaban J connectivity index is 4.06. The van der Waals surface area contributed by atoms with Gasteiger partial charge < -0.3 is 60.3 Å². The first-order valence-electron chi connectivity index (χ1n) is 39.6. The fourth-order valence-electron chi connectivity index (χ4n) is 11.0. The fraction of sp³-hybridized carbons (Fsp3) is 0.812. The molecule has 0 saturated carbocycles. The molecule has 102 heavy (non-hydrogen) atoms. The lowest BCUT2D eigenvalue weighted by atomic mass is 10.1. The van der Waals surface area contributed by atoms with E-state index in [1.807, 2.05) is 0 Å². The molecule has 0 heterocycles. The maximum atomic E-state index is 12.6. The molecule has 0 aromatic heterocycles. The highest BCUT2D eigenvalue weighted by atomic mass is 16.5. The van der Waals surface area contributed by atoms with Gasteiger partial charge in [-0.25, -0.2) is 0 Å². The van der Waals surface area contributed by atoms with E-state index in [-0.39, 0.29) is 115 Å². The predicted molar refractivity (Wildman–Crippen MR) is 405 cm³/mol. The molecular formula is C80H139N7O15. The van der Waals surface area contributed by atoms with Crippen LogP contribution in [0.1, 0.15) is 271 Å². The quantitative estimate of drug-likeness (QED) is 0.0220. The van der Waals surface area contributed by atoms with Gasteiger partial charge in [0.25, 0.3) is 0 Å². The maximum absolute atomic E-state index is 12.6. The monoisotopic (exact) mass is 1440 g/mol. The highest BCUT2D eigenvalue weighted by Crippen LogP contribution is 2.14. The smallest absolute Gasteiger partial charge is 0.317 e. The SMILES string of the molecule is CCCCCCCCCCCCC#CC#CCCCCCCCCC(=O)NCCOCCOCCNC(=O)CCN(CCN(CCN(CCC(=O)NCCOCCOCCOCCNC(=O)CCCCCCCCC#CC#CCCCCCCCCCCCC)CC(=O)O)CC(=O)O)CC(=O)O. The minimum atomic E-state index is -1.13. The average molecular weight is 1440 g/mol. The molecule has 0 unspecified atom stereocenters. The van der Waals surface area contributed by atoms with E-state index < -0.39 is 24.5 Å². The first-order chi connectivity index (χ1) is 49.9. The van der Waals surface area contributed by atoms with Crippen LogP contribution in [-0.4, -0.2) is 223 Å². The number of unbranched alkanes of at least 4 members (excludes halogenated alkanes) is 32. The number of nitrogens with one attached hydrogen (secondary N) is 4. The first kappa shape index (κ1) is 96.2. The van der Waals surface area contributed by atoms with Crippen molar-refractivity contribution in [1.82, 2.24) is 36.0 Å². The second-order valence-corrected chi connectivity index (χ2v) is 26.3. The summed E-state index contributed by atoms with van der Waals surface area (Å²) in [6.45, 7) is 8.47. The lowest BCUT2D eigenvalue weighted by Gasteiger charge is -2.28. The van der Waals surface area contributed by atoms with Gasteiger partial charge in [-0.1, -0.05) is 204 Å². The number of carboxylic acids is 3. The minimum Gasteiger partial charge on any atom is -0.480 e. The standard InChI is InChI=1S/C80H139N7O15/c1-3-5-7-9-11-13-15-17-19-21-23-25-27-29-31-33-35-37-39-41-43-45-47-74(88)81-51-61-98-65-66-99-63-53-83-76(90)49-55-85(71-78(92)93)57-59-87(73-80(96)97)60-58-86(72-79(94)95)56-50-77(91)84-54-64-101-68-70-102-69-67-100-62-52-82-75(89)48-46-44-42-40-38-36-34-32-30-28-26-24-22-20-18-16-14-12-10-8-6-4-2/h3-24,33-73H2,1-2H3,(H,81,88)(H,82,89)(H,83,90)(H,84,91)(H,92,93)(H,94,95)(H,96,97). The van der Waals surface area contributed by atoms with Crippen molar-refractivity contribution in [3.05, 3.63) is 0 Å². The van der Waals surface area contributed by atoms with Crippen molar-refractivity contribution in [3.8, 4) is 47.4 Å². The summed E-state index contributed by atoms with van der Waals surface area (Å²) in [7, 11) is 0. The van der Waals surface area contributed by atoms with E-state index in [0.717, 1.165) is 103 Å². The number of carbonyl (C=O) groups excluding carboxylic acids is 4. The maximum Gasteiger partial charge on any atom is 0.317 e. The predicted octanol–water partition coefficient (Wildman–Crippen LogP) is 11.4. The molecule has 0 aromatic carbocycles. The van der Waals surface area contributed by atoms with E-state index >= 15 is 0 Å². The Labute approximate surface area is 616 Å². The summed E-state index contributed by atoms with van der Waals surface area (Å²) in [5, 5.41) is 40.1. The molecule has 0 aliphatic rings. The summed E-state index contributed by atoms with van der Waals surface area (Å²) in [5.74, 6) is 20.8. The molecule has 0 saturated heterocycles. The summed E-state index contributed by atoms with van der Waals surface area (Å²) in [6.07, 6.45) is 44.0. The van der Waals surface area contributed by atoms with Gasteiger partial charge in [0.2, 0.25) is 23.6 Å². The fourth-order valence-corrected chi connectivity index (χ4v) is 11.0. The van der Waals surface area contributed by atoms with Crippen molar-refractivity contribution in [3.63, 3.8) is 0 Å². The molecule has 0 spiro atoms. The Morgan fingerprint density at radius 3 is 0.716 bits per heavy atom. The summed E-state index contributed by atoms with van der Waals surface area (Å²) in [4.78, 5) is 89.6. The van der Waals surface area contributed by atoms with E-state index in [0.29, 0.717) is 78.8 Å². The van der Waals surface area contributed by atoms with Crippen LogP contribution in [-0.2, 0) is 57.2 Å². The zero-order valence-electron chi connectivity index (χ0n) is 63.6. The van der Waals surface area contributed by atoms with Crippen LogP contribution in [0.15, 0.2) is 0 Å². The zero-order chi connectivity index (χ0) is 74.3. The molecule has 0 atom stereocenters. The molecule has 0 fully saturated rings. The van der Waals surface area contributed by atoms with Crippen molar-refractivity contribution >= 4 is 41.5 Å². The molecule has 0 aliphatic carbocycles. The number of hydrogen-bond donors (Lipinski definition) is 7. The third kappa shape index (κ3) is 76.8. The van der Waals surface area contributed by atoms with Crippen molar-refractivity contribution in [1.29, 1.82) is 0 Å². The highest BCUT2D eigenvalue weighted by molar-refractivity contribution is 5.77. The van der Waals surface area contributed by atoms with E-state index in [9.17, 15) is 48.9 Å². The molecule has 4 amide bonds. The van der Waals surface area contributed by atoms with Crippen LogP contribution in [0.3, 0.4) is 0 Å². The van der Waals surface area contributed by atoms with Crippen LogP contribution in [0.4, 0.5) is 0 Å². The van der Waals surface area contributed by atoms with E-state index in [1.165, 1.54) is 138 Å². The van der Waals surface area contributed by atoms with Crippen LogP contribution < -0.4 is 21.3 Å². The van der Waals surface area contributed by atoms with E-state index in [1.54, 1.807) is 4.90 Å². The summed E-state index contributed by atoms with van der Waals surface area (Å²) >= 11 is 0. The molecule has 0 radical (unpaired) electrons. The Hall–Kier alpha value is -5.79. The summed E-state index contributed by atoms with van der Waals surface area (Å²) < 4.78 is 27.7. The summed E-state index contributed by atoms with van der Waals surface area (Å²) in [5.41, 5.74) is 0. The number of aliphatic carboxylic acids is 3. The Kier molecular flexibility index (Phi) is 73.4. The van der Waals surface area contributed by atoms with Gasteiger partial charge >= 0.3 is 17.9 Å². The second kappa shape index (κ2) is 77.8. The minimum absolute atomic E-state index is 0.0100. The number of carboxylic acid groups (broad SMARTS) is 3. The van der Waals surface area contributed by atoms with Crippen molar-refractivity contribution in [2.24, 2.45) is 0 Å². The Morgan fingerprint density at radius 1 is 0.265 bits per heavy atom. The molecule has 0 bridgehead atoms. The van der Waals surface area contributed by atoms with E-state index in [4.69, 9.17) is 23.7 Å². The number of carbonyl (C=O) groups is 7. The van der Waals surface area contributed by atoms with Crippen molar-refractivity contribution in [2.45, 2.75) is 271 Å². The zero-order valence-corrected chi connectivity index (χ0v) is 63.6. The Bertz CT molecular complexity index is 2340. The first-order valence-corrected chi connectivity index (χ1v) is 39.6. The second-order valence-electron chi connectivity index (χ2n) is 26.3. The lowest BCUT2D eigenvalue weighted by molar-refractivity contribution is -0.140. The third-order valence-electron chi connectivity index (χ3n) is 16.9. The number of amides is 4. The number of nitrogens with zero attached hydrogens (tertiary/aromatic N) is 3. The molecule has 22 nitrogen and oxygen atoms in total. The van der Waals surface area contributed by atoms with Gasteiger partial charge in [0.15, 0.2) is 0 Å². The lowest BCUT2D eigenvalue weighted by Crippen LogP contribution is -2.45. The molecular weight excluding hydrogens is 1300 g/mol. The van der Waals surface area contributed by atoms with Crippen LogP contribution in [0.25, 0.3) is 0 Å². The van der Waals surface area contributed by atoms with Gasteiger partial charge in [-0.3, -0.25) is 48.3 Å². The van der Waals surface area contributed by atoms with Gasteiger partial charge in [0.05, 0.1) is 85.7 Å². The van der Waals surface area contributed by atoms with Crippen LogP contribution >= 0.6 is 0 Å². The number of hydrogen-bond acceptors (Lipinski definition) is 15.